The summed E-state index contributed by atoms with van der Waals surface area (Å²) in [7, 11) is 0. The molecule has 10 heteroatoms. The van der Waals surface area contributed by atoms with E-state index in [1.807, 2.05) is 18.3 Å². The molecule has 2 aromatic heterocycles. The van der Waals surface area contributed by atoms with Gasteiger partial charge in [0, 0.05) is 53.6 Å². The van der Waals surface area contributed by atoms with E-state index in [9.17, 15) is 18.4 Å². The van der Waals surface area contributed by atoms with Crippen molar-refractivity contribution in [3.63, 3.8) is 0 Å². The third-order valence-corrected chi connectivity index (χ3v) is 6.93. The molecule has 0 bridgehead atoms. The van der Waals surface area contributed by atoms with Gasteiger partial charge in [-0.2, -0.15) is 0 Å². The van der Waals surface area contributed by atoms with Crippen LogP contribution in [0.5, 0.6) is 0 Å². The van der Waals surface area contributed by atoms with Crippen LogP contribution in [0.3, 0.4) is 0 Å². The predicted octanol–water partition coefficient (Wildman–Crippen LogP) is 3.67. The van der Waals surface area contributed by atoms with Gasteiger partial charge in [0.2, 0.25) is 11.8 Å². The zero-order valence-electron chi connectivity index (χ0n) is 18.9. The molecule has 3 N–H and O–H groups in total. The Hall–Kier alpha value is -3.63. The van der Waals surface area contributed by atoms with Crippen molar-refractivity contribution in [3.8, 4) is 11.3 Å². The van der Waals surface area contributed by atoms with Gasteiger partial charge < -0.3 is 16.0 Å². The monoisotopic (exact) mass is 495 g/mol. The van der Waals surface area contributed by atoms with Crippen molar-refractivity contribution in [2.45, 2.75) is 32.4 Å². The summed E-state index contributed by atoms with van der Waals surface area (Å²) < 4.78 is 28.8. The lowest BCUT2D eigenvalue weighted by Crippen LogP contribution is -2.42. The summed E-state index contributed by atoms with van der Waals surface area (Å²) in [5.74, 6) is -2.42. The molecule has 180 valence electrons. The number of carbonyl (C=O) groups is 2. The molecule has 0 fully saturated rings. The van der Waals surface area contributed by atoms with E-state index in [2.05, 4.69) is 20.4 Å². The van der Waals surface area contributed by atoms with Crippen LogP contribution in [0.15, 0.2) is 48.7 Å². The molecule has 35 heavy (non-hydrogen) atoms. The summed E-state index contributed by atoms with van der Waals surface area (Å²) >= 11 is 1.70. The Kier molecular flexibility index (Phi) is 6.31. The minimum Gasteiger partial charge on any atom is -0.344 e. The van der Waals surface area contributed by atoms with E-state index >= 15 is 0 Å². The van der Waals surface area contributed by atoms with Crippen molar-refractivity contribution in [1.29, 1.82) is 0 Å². The number of nitrogens with one attached hydrogen (secondary N) is 3. The molecule has 0 unspecified atom stereocenters. The lowest BCUT2D eigenvalue weighted by atomic mass is 10.1. The number of fused-ring (bicyclic) bond motifs is 3. The summed E-state index contributed by atoms with van der Waals surface area (Å²) in [6.45, 7) is 3.39. The smallest absolute Gasteiger partial charge is 0.246 e. The maximum atomic E-state index is 13.3. The number of anilines is 1. The van der Waals surface area contributed by atoms with Crippen molar-refractivity contribution in [2.24, 2.45) is 0 Å². The number of halogens is 2. The number of rotatable bonds is 6. The van der Waals surface area contributed by atoms with Gasteiger partial charge in [0.15, 0.2) is 4.96 Å². The van der Waals surface area contributed by atoms with Crippen LogP contribution in [0.2, 0.25) is 0 Å². The van der Waals surface area contributed by atoms with Gasteiger partial charge in [-0.05, 0) is 36.8 Å². The van der Waals surface area contributed by atoms with E-state index in [4.69, 9.17) is 4.98 Å². The number of nitrogens with zero attached hydrogens (tertiary/aromatic N) is 2. The topological polar surface area (TPSA) is 87.5 Å². The van der Waals surface area contributed by atoms with Crippen LogP contribution in [0.1, 0.15) is 23.1 Å². The summed E-state index contributed by atoms with van der Waals surface area (Å²) in [6.07, 6.45) is 2.79. The number of aromatic nitrogens is 2. The lowest BCUT2D eigenvalue weighted by Gasteiger charge is -2.14. The van der Waals surface area contributed by atoms with Gasteiger partial charge in [0.25, 0.3) is 0 Å². The third kappa shape index (κ3) is 5.08. The fourth-order valence-electron chi connectivity index (χ4n) is 4.11. The maximum absolute atomic E-state index is 13.3. The zero-order chi connectivity index (χ0) is 24.5. The second-order valence-electron chi connectivity index (χ2n) is 8.49. The van der Waals surface area contributed by atoms with Gasteiger partial charge >= 0.3 is 0 Å². The third-order valence-electron chi connectivity index (χ3n) is 5.83. The highest BCUT2D eigenvalue weighted by atomic mass is 32.1. The van der Waals surface area contributed by atoms with Gasteiger partial charge in [0.05, 0.1) is 12.1 Å². The number of imidazole rings is 1. The molecule has 5 rings (SSSR count). The molecular weight excluding hydrogens is 472 g/mol. The Morgan fingerprint density at radius 1 is 1.17 bits per heavy atom. The Morgan fingerprint density at radius 3 is 2.66 bits per heavy atom. The molecule has 2 aromatic carbocycles. The highest BCUT2D eigenvalue weighted by Crippen LogP contribution is 2.29. The minimum atomic E-state index is -0.832. The highest BCUT2D eigenvalue weighted by molar-refractivity contribution is 7.17. The Morgan fingerprint density at radius 2 is 1.91 bits per heavy atom. The first-order valence-electron chi connectivity index (χ1n) is 11.2. The second kappa shape index (κ2) is 9.55. The highest BCUT2D eigenvalue weighted by Gasteiger charge is 2.19. The average molecular weight is 496 g/mol. The van der Waals surface area contributed by atoms with Gasteiger partial charge in [-0.25, -0.2) is 13.8 Å². The number of benzene rings is 2. The fourth-order valence-corrected chi connectivity index (χ4v) is 5.23. The molecule has 1 aliphatic heterocycles. The van der Waals surface area contributed by atoms with Crippen molar-refractivity contribution < 1.29 is 18.4 Å². The van der Waals surface area contributed by atoms with E-state index in [1.54, 1.807) is 30.4 Å². The number of thiazole rings is 1. The van der Waals surface area contributed by atoms with Crippen LogP contribution in [0.25, 0.3) is 16.2 Å². The molecule has 7 nitrogen and oxygen atoms in total. The van der Waals surface area contributed by atoms with Crippen molar-refractivity contribution in [1.82, 2.24) is 20.0 Å². The second-order valence-corrected chi connectivity index (χ2v) is 9.55. The molecule has 4 aromatic rings. The molecular formula is C25H23F2N5O2S. The van der Waals surface area contributed by atoms with Crippen LogP contribution in [-0.4, -0.2) is 33.8 Å². The van der Waals surface area contributed by atoms with Crippen molar-refractivity contribution in [3.05, 3.63) is 76.4 Å². The van der Waals surface area contributed by atoms with Crippen LogP contribution in [0.4, 0.5) is 14.5 Å². The molecule has 0 saturated heterocycles. The van der Waals surface area contributed by atoms with Gasteiger partial charge in [0.1, 0.15) is 17.7 Å². The van der Waals surface area contributed by atoms with Gasteiger partial charge in [-0.1, -0.05) is 23.5 Å². The first kappa shape index (κ1) is 23.1. The number of amides is 2. The Labute approximate surface area is 204 Å². The van der Waals surface area contributed by atoms with Crippen molar-refractivity contribution in [2.75, 3.05) is 11.9 Å². The molecule has 1 aliphatic rings. The number of hydrogen-bond acceptors (Lipinski definition) is 5. The average Bonchev–Trinajstić information content (AvgIpc) is 3.37. The largest absolute Gasteiger partial charge is 0.344 e. The van der Waals surface area contributed by atoms with E-state index in [-0.39, 0.29) is 12.0 Å². The van der Waals surface area contributed by atoms with E-state index < -0.39 is 29.5 Å². The molecule has 2 amide bonds. The van der Waals surface area contributed by atoms with Gasteiger partial charge in [-0.3, -0.25) is 14.0 Å². The summed E-state index contributed by atoms with van der Waals surface area (Å²) in [5, 5.41) is 8.69. The minimum absolute atomic E-state index is 0.194. The summed E-state index contributed by atoms with van der Waals surface area (Å²) in [4.78, 5) is 31.8. The quantitative estimate of drug-likeness (QED) is 0.381. The van der Waals surface area contributed by atoms with Gasteiger partial charge in [-0.15, -0.1) is 0 Å². The molecule has 0 saturated carbocycles. The standard InChI is InChI=1S/C25H23F2N5O2S/c1-14(29-23(33)10-15-8-17(26)11-18(27)9-15)24(34)30-19-4-2-16(3-5-19)20-13-32-21-6-7-28-12-22(21)35-25(32)31-20/h2-5,8-9,11,13-14,28H,6-7,10,12H2,1H3,(H,29,33)(H,30,34)/t14-/m0/s1. The molecule has 0 radical (unpaired) electrons. The maximum Gasteiger partial charge on any atom is 0.246 e. The molecule has 1 atom stereocenters. The van der Waals surface area contributed by atoms with Crippen LogP contribution in [0, 0.1) is 11.6 Å². The molecule has 0 spiro atoms. The zero-order valence-corrected chi connectivity index (χ0v) is 19.7. The number of hydrogen-bond donors (Lipinski definition) is 3. The molecule has 3 heterocycles. The van der Waals surface area contributed by atoms with E-state index in [1.165, 1.54) is 10.6 Å². The molecule has 0 aliphatic carbocycles. The summed E-state index contributed by atoms with van der Waals surface area (Å²) in [6, 6.07) is 9.42. The van der Waals surface area contributed by atoms with E-state index in [0.29, 0.717) is 5.69 Å². The fraction of sp³-hybridized carbons (Fsp3) is 0.240. The predicted molar refractivity (Wildman–Crippen MR) is 130 cm³/mol. The van der Waals surface area contributed by atoms with Crippen LogP contribution in [-0.2, 0) is 29.0 Å². The first-order valence-corrected chi connectivity index (χ1v) is 12.0. The lowest BCUT2D eigenvalue weighted by molar-refractivity contribution is -0.125. The Bertz CT molecular complexity index is 1390. The van der Waals surface area contributed by atoms with Crippen LogP contribution < -0.4 is 16.0 Å². The summed E-state index contributed by atoms with van der Waals surface area (Å²) in [5.41, 5.74) is 3.89. The normalized spacial score (nSPS) is 13.9. The van der Waals surface area contributed by atoms with Crippen LogP contribution >= 0.6 is 11.3 Å². The van der Waals surface area contributed by atoms with Crippen molar-refractivity contribution >= 4 is 33.8 Å². The first-order chi connectivity index (χ1) is 16.9. The Balaban J connectivity index is 1.19. The SMILES string of the molecule is C[C@H](NC(=O)Cc1cc(F)cc(F)c1)C(=O)Nc1ccc(-c2cn3c4c(sc3n2)CNCC4)cc1. The number of carbonyl (C=O) groups excluding carboxylic acids is 2. The van der Waals surface area contributed by atoms with E-state index in [0.717, 1.165) is 53.9 Å².